The van der Waals surface area contributed by atoms with E-state index in [0.717, 1.165) is 11.8 Å². The second kappa shape index (κ2) is 4.30. The molecule has 0 aromatic heterocycles. The molecule has 0 unspecified atom stereocenters. The van der Waals surface area contributed by atoms with Crippen molar-refractivity contribution in [2.75, 3.05) is 20.1 Å². The van der Waals surface area contributed by atoms with Crippen LogP contribution in [0.1, 0.15) is 24.5 Å². The van der Waals surface area contributed by atoms with Crippen LogP contribution >= 0.6 is 0 Å². The maximum Gasteiger partial charge on any atom is 0.00154 e. The molecule has 1 aliphatic heterocycles. The van der Waals surface area contributed by atoms with Crippen LogP contribution in [-0.2, 0) is 6.42 Å². The standard InChI is InChI=1S/C16H21N/c1-12-9-13-7-8-17(2)11-15(13)10-14-5-3-4-6-16(12)14/h3-6,9,13,15H,7-8,10-11H2,1-2H3/t13-,15+/m1/s1. The van der Waals surface area contributed by atoms with Crippen molar-refractivity contribution in [3.05, 3.63) is 41.5 Å². The third-order valence-electron chi connectivity index (χ3n) is 4.38. The summed E-state index contributed by atoms with van der Waals surface area (Å²) in [6.07, 6.45) is 5.11. The summed E-state index contributed by atoms with van der Waals surface area (Å²) in [7, 11) is 2.25. The van der Waals surface area contributed by atoms with E-state index in [2.05, 4.69) is 49.2 Å². The fraction of sp³-hybridized carbons (Fsp3) is 0.500. The van der Waals surface area contributed by atoms with Crippen molar-refractivity contribution in [2.24, 2.45) is 11.8 Å². The molecule has 1 heteroatoms. The Kier molecular flexibility index (Phi) is 2.79. The lowest BCUT2D eigenvalue weighted by Crippen LogP contribution is -2.38. The molecule has 0 saturated carbocycles. The van der Waals surface area contributed by atoms with Gasteiger partial charge in [0.25, 0.3) is 0 Å². The Hall–Kier alpha value is -1.08. The van der Waals surface area contributed by atoms with Gasteiger partial charge in [-0.1, -0.05) is 30.3 Å². The molecule has 90 valence electrons. The van der Waals surface area contributed by atoms with Crippen LogP contribution in [0.2, 0.25) is 0 Å². The summed E-state index contributed by atoms with van der Waals surface area (Å²) in [5.41, 5.74) is 4.51. The minimum Gasteiger partial charge on any atom is -0.306 e. The fourth-order valence-corrected chi connectivity index (χ4v) is 3.44. The van der Waals surface area contributed by atoms with Crippen molar-refractivity contribution >= 4 is 5.57 Å². The number of rotatable bonds is 0. The van der Waals surface area contributed by atoms with Gasteiger partial charge in [0, 0.05) is 6.54 Å². The summed E-state index contributed by atoms with van der Waals surface area (Å²) in [6, 6.07) is 8.93. The molecule has 0 N–H and O–H groups in total. The highest BCUT2D eigenvalue weighted by Gasteiger charge is 2.29. The van der Waals surface area contributed by atoms with Gasteiger partial charge in [-0.05, 0) is 61.9 Å². The summed E-state index contributed by atoms with van der Waals surface area (Å²) in [5.74, 6) is 1.60. The molecule has 1 aromatic rings. The fourth-order valence-electron chi connectivity index (χ4n) is 3.44. The van der Waals surface area contributed by atoms with Crippen molar-refractivity contribution in [3.8, 4) is 0 Å². The first kappa shape index (κ1) is 11.0. The van der Waals surface area contributed by atoms with E-state index >= 15 is 0 Å². The third-order valence-corrected chi connectivity index (χ3v) is 4.38. The van der Waals surface area contributed by atoms with Crippen LogP contribution in [0.4, 0.5) is 0 Å². The molecule has 1 fully saturated rings. The first-order valence-electron chi connectivity index (χ1n) is 6.69. The average Bonchev–Trinajstić information content (AvgIpc) is 2.46. The summed E-state index contributed by atoms with van der Waals surface area (Å²) in [4.78, 5) is 2.48. The first-order valence-corrected chi connectivity index (χ1v) is 6.69. The minimum absolute atomic E-state index is 0.790. The van der Waals surface area contributed by atoms with E-state index in [1.54, 1.807) is 5.56 Å². The Balaban J connectivity index is 1.99. The topological polar surface area (TPSA) is 3.24 Å². The van der Waals surface area contributed by atoms with E-state index in [1.807, 2.05) is 0 Å². The Morgan fingerprint density at radius 3 is 2.94 bits per heavy atom. The normalized spacial score (nSPS) is 28.9. The molecule has 1 aliphatic carbocycles. The van der Waals surface area contributed by atoms with E-state index in [0.29, 0.717) is 0 Å². The summed E-state index contributed by atoms with van der Waals surface area (Å²) >= 11 is 0. The lowest BCUT2D eigenvalue weighted by atomic mass is 9.83. The molecule has 0 radical (unpaired) electrons. The molecule has 1 heterocycles. The number of piperidine rings is 1. The highest BCUT2D eigenvalue weighted by molar-refractivity contribution is 5.67. The van der Waals surface area contributed by atoms with Crippen LogP contribution in [-0.4, -0.2) is 25.0 Å². The van der Waals surface area contributed by atoms with E-state index in [-0.39, 0.29) is 0 Å². The Labute approximate surface area is 104 Å². The zero-order chi connectivity index (χ0) is 11.8. The van der Waals surface area contributed by atoms with Crippen LogP contribution in [0.5, 0.6) is 0 Å². The maximum absolute atomic E-state index is 2.53. The van der Waals surface area contributed by atoms with Crippen LogP contribution in [0.15, 0.2) is 30.3 Å². The molecule has 2 aliphatic rings. The van der Waals surface area contributed by atoms with Gasteiger partial charge in [-0.3, -0.25) is 0 Å². The Morgan fingerprint density at radius 2 is 2.06 bits per heavy atom. The van der Waals surface area contributed by atoms with Gasteiger partial charge < -0.3 is 4.90 Å². The molecule has 1 nitrogen and oxygen atoms in total. The number of nitrogens with zero attached hydrogens (tertiary/aromatic N) is 1. The lowest BCUT2D eigenvalue weighted by molar-refractivity contribution is 0.170. The largest absolute Gasteiger partial charge is 0.306 e. The highest BCUT2D eigenvalue weighted by atomic mass is 15.1. The number of fused-ring (bicyclic) bond motifs is 2. The molecule has 0 amide bonds. The monoisotopic (exact) mass is 227 g/mol. The first-order chi connectivity index (χ1) is 8.24. The zero-order valence-electron chi connectivity index (χ0n) is 10.8. The summed E-state index contributed by atoms with van der Waals surface area (Å²) in [6.45, 7) is 4.78. The van der Waals surface area contributed by atoms with Crippen molar-refractivity contribution < 1.29 is 0 Å². The van der Waals surface area contributed by atoms with Gasteiger partial charge in [-0.15, -0.1) is 0 Å². The van der Waals surface area contributed by atoms with E-state index in [9.17, 15) is 0 Å². The van der Waals surface area contributed by atoms with Gasteiger partial charge in [0.1, 0.15) is 0 Å². The van der Waals surface area contributed by atoms with Gasteiger partial charge in [0.05, 0.1) is 0 Å². The van der Waals surface area contributed by atoms with E-state index < -0.39 is 0 Å². The van der Waals surface area contributed by atoms with Crippen molar-refractivity contribution in [1.82, 2.24) is 4.90 Å². The maximum atomic E-state index is 2.53. The Bertz CT molecular complexity index is 447. The lowest BCUT2D eigenvalue weighted by Gasteiger charge is -2.34. The average molecular weight is 227 g/mol. The number of benzene rings is 1. The molecule has 1 aromatic carbocycles. The smallest absolute Gasteiger partial charge is 0.00154 e. The van der Waals surface area contributed by atoms with Crippen LogP contribution in [0.25, 0.3) is 5.57 Å². The Morgan fingerprint density at radius 1 is 1.24 bits per heavy atom. The highest BCUT2D eigenvalue weighted by Crippen LogP contribution is 2.35. The number of hydrogen-bond acceptors (Lipinski definition) is 1. The SMILES string of the molecule is CC1=C[C@H]2CCN(C)C[C@@H]2Cc2ccccc21. The zero-order valence-corrected chi connectivity index (χ0v) is 10.8. The molecule has 0 spiro atoms. The summed E-state index contributed by atoms with van der Waals surface area (Å²) < 4.78 is 0. The van der Waals surface area contributed by atoms with Crippen LogP contribution < -0.4 is 0 Å². The molecular formula is C16H21N. The van der Waals surface area contributed by atoms with Crippen molar-refractivity contribution in [1.29, 1.82) is 0 Å². The van der Waals surface area contributed by atoms with Crippen LogP contribution in [0.3, 0.4) is 0 Å². The number of likely N-dealkylation sites (tertiary alicyclic amines) is 1. The quantitative estimate of drug-likeness (QED) is 0.658. The predicted molar refractivity (Wildman–Crippen MR) is 72.9 cm³/mol. The second-order valence-corrected chi connectivity index (χ2v) is 5.69. The van der Waals surface area contributed by atoms with Crippen molar-refractivity contribution in [3.63, 3.8) is 0 Å². The van der Waals surface area contributed by atoms with E-state index in [4.69, 9.17) is 0 Å². The minimum atomic E-state index is 0.790. The molecule has 1 saturated heterocycles. The molecule has 2 atom stereocenters. The van der Waals surface area contributed by atoms with Gasteiger partial charge >= 0.3 is 0 Å². The molecule has 17 heavy (non-hydrogen) atoms. The van der Waals surface area contributed by atoms with Gasteiger partial charge in [0.2, 0.25) is 0 Å². The van der Waals surface area contributed by atoms with Crippen LogP contribution in [0, 0.1) is 11.8 Å². The predicted octanol–water partition coefficient (Wildman–Crippen LogP) is 3.21. The summed E-state index contributed by atoms with van der Waals surface area (Å²) in [5, 5.41) is 0. The van der Waals surface area contributed by atoms with E-state index in [1.165, 1.54) is 37.1 Å². The van der Waals surface area contributed by atoms with Gasteiger partial charge in [-0.2, -0.15) is 0 Å². The second-order valence-electron chi connectivity index (χ2n) is 5.69. The molecule has 3 rings (SSSR count). The number of hydrogen-bond donors (Lipinski definition) is 0. The van der Waals surface area contributed by atoms with Crippen molar-refractivity contribution in [2.45, 2.75) is 19.8 Å². The molecular weight excluding hydrogens is 206 g/mol. The van der Waals surface area contributed by atoms with Gasteiger partial charge in [-0.25, -0.2) is 0 Å². The number of allylic oxidation sites excluding steroid dienone is 2. The van der Waals surface area contributed by atoms with Gasteiger partial charge in [0.15, 0.2) is 0 Å². The molecule has 0 bridgehead atoms. The third kappa shape index (κ3) is 2.04.